The molecule has 1 N–H and O–H groups in total. The average molecular weight is 434 g/mol. The van der Waals surface area contributed by atoms with Gasteiger partial charge in [-0.1, -0.05) is 22.0 Å². The Morgan fingerprint density at radius 3 is 2.80 bits per heavy atom. The number of hydrogen-bond donors (Lipinski definition) is 1. The van der Waals surface area contributed by atoms with E-state index in [4.69, 9.17) is 9.47 Å². The van der Waals surface area contributed by atoms with Gasteiger partial charge < -0.3 is 14.8 Å². The summed E-state index contributed by atoms with van der Waals surface area (Å²) in [5.41, 5.74) is 0. The Bertz CT molecular complexity index is 721. The Labute approximate surface area is 155 Å². The van der Waals surface area contributed by atoms with E-state index in [0.717, 1.165) is 4.47 Å². The first-order chi connectivity index (χ1) is 11.8. The van der Waals surface area contributed by atoms with E-state index < -0.39 is 34.4 Å². The van der Waals surface area contributed by atoms with Crippen molar-refractivity contribution in [2.45, 2.75) is 25.3 Å². The van der Waals surface area contributed by atoms with Crippen molar-refractivity contribution < 1.29 is 27.5 Å². The Hall–Kier alpha value is -1.61. The molecule has 1 amide bonds. The van der Waals surface area contributed by atoms with Crippen LogP contribution in [0.15, 0.2) is 28.7 Å². The molecule has 1 aliphatic heterocycles. The van der Waals surface area contributed by atoms with Crippen molar-refractivity contribution in [2.75, 3.05) is 24.7 Å². The van der Waals surface area contributed by atoms with Crippen molar-refractivity contribution >= 4 is 37.6 Å². The summed E-state index contributed by atoms with van der Waals surface area (Å²) in [7, 11) is -3.05. The molecule has 0 radical (unpaired) electrons. The fourth-order valence-electron chi connectivity index (χ4n) is 2.36. The van der Waals surface area contributed by atoms with Gasteiger partial charge in [-0.25, -0.2) is 8.42 Å². The molecule has 0 saturated carbocycles. The molecule has 0 aliphatic carbocycles. The predicted octanol–water partition coefficient (Wildman–Crippen LogP) is 1.45. The second-order valence-corrected chi connectivity index (χ2v) is 8.88. The molecule has 0 aromatic heterocycles. The molecular weight excluding hydrogens is 414 g/mol. The van der Waals surface area contributed by atoms with Crippen molar-refractivity contribution in [3.8, 4) is 5.75 Å². The molecular formula is C16H20BrNO6S. The van der Waals surface area contributed by atoms with Gasteiger partial charge in [0.05, 0.1) is 18.1 Å². The Kier molecular flexibility index (Phi) is 7.24. The standard InChI is InChI=1S/C16H20BrNO6S/c17-12-3-1-4-14(9-12)23-7-2-5-16(20)24-10-15(19)18-13-6-8-25(21,22)11-13/h1,3-4,9,13H,2,5-8,10-11H2,(H,18,19)/t13-/m1/s1. The normalized spacial score (nSPS) is 18.5. The van der Waals surface area contributed by atoms with Crippen molar-refractivity contribution in [3.05, 3.63) is 28.7 Å². The Balaban J connectivity index is 1.57. The topological polar surface area (TPSA) is 98.8 Å². The molecule has 7 nitrogen and oxygen atoms in total. The summed E-state index contributed by atoms with van der Waals surface area (Å²) in [5.74, 6) is -0.253. The van der Waals surface area contributed by atoms with E-state index in [1.165, 1.54) is 0 Å². The van der Waals surface area contributed by atoms with Gasteiger partial charge in [-0.2, -0.15) is 0 Å². The van der Waals surface area contributed by atoms with Crippen LogP contribution < -0.4 is 10.1 Å². The second-order valence-electron chi connectivity index (χ2n) is 5.74. The molecule has 1 fully saturated rings. The van der Waals surface area contributed by atoms with E-state index in [1.807, 2.05) is 24.3 Å². The lowest BCUT2D eigenvalue weighted by molar-refractivity contribution is -0.148. The molecule has 1 saturated heterocycles. The maximum absolute atomic E-state index is 11.6. The van der Waals surface area contributed by atoms with E-state index >= 15 is 0 Å². The summed E-state index contributed by atoms with van der Waals surface area (Å²) in [5, 5.41) is 2.56. The fraction of sp³-hybridized carbons (Fsp3) is 0.500. The minimum Gasteiger partial charge on any atom is -0.494 e. The van der Waals surface area contributed by atoms with Crippen LogP contribution in [0.25, 0.3) is 0 Å². The molecule has 25 heavy (non-hydrogen) atoms. The number of benzene rings is 1. The quantitative estimate of drug-likeness (QED) is 0.491. The van der Waals surface area contributed by atoms with Crippen molar-refractivity contribution in [1.82, 2.24) is 5.32 Å². The third-order valence-electron chi connectivity index (χ3n) is 3.55. The number of carbonyl (C=O) groups is 2. The number of sulfone groups is 1. The summed E-state index contributed by atoms with van der Waals surface area (Å²) in [6, 6.07) is 6.98. The van der Waals surface area contributed by atoms with Gasteiger partial charge in [0.2, 0.25) is 0 Å². The first-order valence-electron chi connectivity index (χ1n) is 7.88. The van der Waals surface area contributed by atoms with Crippen LogP contribution in [-0.4, -0.2) is 51.1 Å². The van der Waals surface area contributed by atoms with E-state index in [2.05, 4.69) is 21.2 Å². The first-order valence-corrected chi connectivity index (χ1v) is 10.5. The average Bonchev–Trinajstić information content (AvgIpc) is 2.88. The van der Waals surface area contributed by atoms with Crippen LogP contribution in [0, 0.1) is 0 Å². The smallest absolute Gasteiger partial charge is 0.306 e. The van der Waals surface area contributed by atoms with Crippen molar-refractivity contribution in [1.29, 1.82) is 0 Å². The second kappa shape index (κ2) is 9.19. The summed E-state index contributed by atoms with van der Waals surface area (Å²) >= 11 is 3.34. The zero-order chi connectivity index (χ0) is 18.3. The van der Waals surface area contributed by atoms with Crippen molar-refractivity contribution in [2.24, 2.45) is 0 Å². The van der Waals surface area contributed by atoms with E-state index in [-0.39, 0.29) is 17.9 Å². The van der Waals surface area contributed by atoms with Crippen LogP contribution in [0.5, 0.6) is 5.75 Å². The number of esters is 1. The lowest BCUT2D eigenvalue weighted by Gasteiger charge is -2.11. The minimum atomic E-state index is -3.05. The van der Waals surface area contributed by atoms with Crippen LogP contribution in [0.2, 0.25) is 0 Å². The van der Waals surface area contributed by atoms with Gasteiger partial charge in [0, 0.05) is 16.9 Å². The highest BCUT2D eigenvalue weighted by atomic mass is 79.9. The molecule has 1 aromatic carbocycles. The molecule has 138 valence electrons. The molecule has 0 spiro atoms. The Morgan fingerprint density at radius 1 is 1.32 bits per heavy atom. The lowest BCUT2D eigenvalue weighted by atomic mass is 10.2. The molecule has 0 bridgehead atoms. The fourth-order valence-corrected chi connectivity index (χ4v) is 4.41. The van der Waals surface area contributed by atoms with Crippen LogP contribution in [0.3, 0.4) is 0 Å². The number of halogens is 1. The maximum atomic E-state index is 11.6. The molecule has 1 heterocycles. The van der Waals surface area contributed by atoms with Gasteiger partial charge >= 0.3 is 5.97 Å². The number of carbonyl (C=O) groups excluding carboxylic acids is 2. The highest BCUT2D eigenvalue weighted by molar-refractivity contribution is 9.10. The number of ether oxygens (including phenoxy) is 2. The number of hydrogen-bond acceptors (Lipinski definition) is 6. The molecule has 1 aliphatic rings. The van der Waals surface area contributed by atoms with E-state index in [1.54, 1.807) is 0 Å². The zero-order valence-electron chi connectivity index (χ0n) is 13.6. The van der Waals surface area contributed by atoms with Gasteiger partial charge in [-0.05, 0) is 31.0 Å². The zero-order valence-corrected chi connectivity index (χ0v) is 16.0. The molecule has 9 heteroatoms. The van der Waals surface area contributed by atoms with Gasteiger partial charge in [0.25, 0.3) is 5.91 Å². The van der Waals surface area contributed by atoms with Gasteiger partial charge in [0.15, 0.2) is 16.4 Å². The lowest BCUT2D eigenvalue weighted by Crippen LogP contribution is -2.38. The third-order valence-corrected chi connectivity index (χ3v) is 5.81. The monoisotopic (exact) mass is 433 g/mol. The summed E-state index contributed by atoms with van der Waals surface area (Å²) in [4.78, 5) is 23.2. The van der Waals surface area contributed by atoms with Crippen LogP contribution in [0.4, 0.5) is 0 Å². The minimum absolute atomic E-state index is 0.0559. The number of amides is 1. The largest absolute Gasteiger partial charge is 0.494 e. The third kappa shape index (κ3) is 7.43. The number of rotatable bonds is 8. The number of nitrogens with one attached hydrogen (secondary N) is 1. The summed E-state index contributed by atoms with van der Waals surface area (Å²) < 4.78 is 33.9. The Morgan fingerprint density at radius 2 is 2.12 bits per heavy atom. The summed E-state index contributed by atoms with van der Waals surface area (Å²) in [6.45, 7) is -0.0421. The molecule has 2 rings (SSSR count). The molecule has 1 aromatic rings. The SMILES string of the molecule is O=C(COC(=O)CCCOc1cccc(Br)c1)N[C@@H]1CCS(=O)(=O)C1. The van der Waals surface area contributed by atoms with E-state index in [0.29, 0.717) is 25.2 Å². The first kappa shape index (κ1) is 19.7. The van der Waals surface area contributed by atoms with Crippen LogP contribution >= 0.6 is 15.9 Å². The highest BCUT2D eigenvalue weighted by Gasteiger charge is 2.28. The van der Waals surface area contributed by atoms with Crippen LogP contribution in [0.1, 0.15) is 19.3 Å². The van der Waals surface area contributed by atoms with Gasteiger partial charge in [-0.15, -0.1) is 0 Å². The molecule has 0 unspecified atom stereocenters. The van der Waals surface area contributed by atoms with Gasteiger partial charge in [0.1, 0.15) is 5.75 Å². The highest BCUT2D eigenvalue weighted by Crippen LogP contribution is 2.18. The van der Waals surface area contributed by atoms with Crippen LogP contribution in [-0.2, 0) is 24.2 Å². The van der Waals surface area contributed by atoms with E-state index in [9.17, 15) is 18.0 Å². The maximum Gasteiger partial charge on any atom is 0.306 e. The predicted molar refractivity (Wildman–Crippen MR) is 95.0 cm³/mol. The van der Waals surface area contributed by atoms with Crippen molar-refractivity contribution in [3.63, 3.8) is 0 Å². The summed E-state index contributed by atoms with van der Waals surface area (Å²) in [6.07, 6.45) is 1.00. The molecule has 1 atom stereocenters. The van der Waals surface area contributed by atoms with Gasteiger partial charge in [-0.3, -0.25) is 9.59 Å².